The zero-order valence-corrected chi connectivity index (χ0v) is 19.6. The van der Waals surface area contributed by atoms with Crippen molar-refractivity contribution in [2.75, 3.05) is 20.8 Å². The summed E-state index contributed by atoms with van der Waals surface area (Å²) in [7, 11) is 3.19. The molecule has 35 heavy (non-hydrogen) atoms. The van der Waals surface area contributed by atoms with Gasteiger partial charge in [-0.15, -0.1) is 0 Å². The van der Waals surface area contributed by atoms with Crippen molar-refractivity contribution in [1.82, 2.24) is 10.3 Å². The van der Waals surface area contributed by atoms with Gasteiger partial charge in [0.05, 0.1) is 14.2 Å². The lowest BCUT2D eigenvalue weighted by atomic mass is 9.89. The molecule has 1 amide bonds. The second-order valence-corrected chi connectivity index (χ2v) is 8.31. The Hall–Kier alpha value is -4.26. The summed E-state index contributed by atoms with van der Waals surface area (Å²) in [5.41, 5.74) is 3.53. The minimum absolute atomic E-state index is 0.0813. The highest BCUT2D eigenvalue weighted by molar-refractivity contribution is 5.99. The quantitative estimate of drug-likeness (QED) is 0.307. The Morgan fingerprint density at radius 3 is 2.54 bits per heavy atom. The van der Waals surface area contributed by atoms with Crippen LogP contribution in [0.3, 0.4) is 0 Å². The van der Waals surface area contributed by atoms with E-state index in [1.165, 1.54) is 6.07 Å². The van der Waals surface area contributed by atoms with Gasteiger partial charge in [0.1, 0.15) is 0 Å². The number of halogens is 1. The van der Waals surface area contributed by atoms with Gasteiger partial charge in [-0.1, -0.05) is 42.5 Å². The summed E-state index contributed by atoms with van der Waals surface area (Å²) >= 11 is 0. The maximum Gasteiger partial charge on any atom is 0.287 e. The third-order valence-corrected chi connectivity index (χ3v) is 6.39. The number of hydrogen-bond acceptors (Lipinski definition) is 4. The van der Waals surface area contributed by atoms with Gasteiger partial charge in [0.15, 0.2) is 28.7 Å². The van der Waals surface area contributed by atoms with Gasteiger partial charge in [0, 0.05) is 46.1 Å². The van der Waals surface area contributed by atoms with E-state index in [-0.39, 0.29) is 23.8 Å². The first-order valence-electron chi connectivity index (χ1n) is 11.3. The van der Waals surface area contributed by atoms with E-state index in [0.717, 1.165) is 22.0 Å². The van der Waals surface area contributed by atoms with Crippen molar-refractivity contribution in [2.45, 2.75) is 12.8 Å². The van der Waals surface area contributed by atoms with E-state index in [1.54, 1.807) is 33.3 Å². The van der Waals surface area contributed by atoms with E-state index in [4.69, 9.17) is 13.9 Å². The Labute approximate surface area is 201 Å². The van der Waals surface area contributed by atoms with Crippen molar-refractivity contribution in [3.05, 3.63) is 95.1 Å². The van der Waals surface area contributed by atoms with Crippen LogP contribution < -0.4 is 14.8 Å². The molecule has 0 bridgehead atoms. The molecule has 0 radical (unpaired) electrons. The highest BCUT2D eigenvalue weighted by Gasteiger charge is 2.26. The van der Waals surface area contributed by atoms with Crippen LogP contribution in [0.25, 0.3) is 21.9 Å². The van der Waals surface area contributed by atoms with Crippen molar-refractivity contribution in [3.63, 3.8) is 0 Å². The number of nitrogens with one attached hydrogen (secondary N) is 2. The van der Waals surface area contributed by atoms with Crippen LogP contribution in [-0.4, -0.2) is 31.7 Å². The number of ether oxygens (including phenoxy) is 2. The predicted molar refractivity (Wildman–Crippen MR) is 133 cm³/mol. The molecule has 1 unspecified atom stereocenters. The number of para-hydroxylation sites is 3. The molecule has 0 fully saturated rings. The normalized spacial score (nSPS) is 12.1. The number of benzene rings is 3. The smallest absolute Gasteiger partial charge is 0.287 e. The molecule has 3 aromatic carbocycles. The fourth-order valence-electron chi connectivity index (χ4n) is 4.66. The topological polar surface area (TPSA) is 76.5 Å². The highest BCUT2D eigenvalue weighted by Crippen LogP contribution is 2.40. The van der Waals surface area contributed by atoms with Gasteiger partial charge in [-0.05, 0) is 30.7 Å². The fourth-order valence-corrected chi connectivity index (χ4v) is 4.66. The van der Waals surface area contributed by atoms with E-state index < -0.39 is 11.7 Å². The molecule has 2 heterocycles. The number of fused-ring (bicyclic) bond motifs is 2. The number of carbonyl (C=O) groups excluding carboxylic acids is 1. The summed E-state index contributed by atoms with van der Waals surface area (Å²) in [6.07, 6.45) is 1.95. The average Bonchev–Trinajstić information content (AvgIpc) is 3.46. The van der Waals surface area contributed by atoms with Gasteiger partial charge in [-0.25, -0.2) is 4.39 Å². The highest BCUT2D eigenvalue weighted by atomic mass is 19.1. The second-order valence-electron chi connectivity index (χ2n) is 8.31. The monoisotopic (exact) mass is 472 g/mol. The Morgan fingerprint density at radius 1 is 1.00 bits per heavy atom. The number of carbonyl (C=O) groups is 1. The van der Waals surface area contributed by atoms with Crippen molar-refractivity contribution < 1.29 is 23.1 Å². The molecule has 2 aromatic heterocycles. The van der Waals surface area contributed by atoms with E-state index in [9.17, 15) is 9.18 Å². The lowest BCUT2D eigenvalue weighted by molar-refractivity contribution is 0.0925. The Kier molecular flexibility index (Phi) is 5.91. The Morgan fingerprint density at radius 2 is 1.77 bits per heavy atom. The molecule has 1 atom stereocenters. The number of amides is 1. The summed E-state index contributed by atoms with van der Waals surface area (Å²) in [6.45, 7) is 2.01. The van der Waals surface area contributed by atoms with Crippen LogP contribution in [0.2, 0.25) is 0 Å². The molecule has 0 saturated carbocycles. The van der Waals surface area contributed by atoms with Crippen LogP contribution >= 0.6 is 0 Å². The summed E-state index contributed by atoms with van der Waals surface area (Å²) in [5.74, 6) is 0.125. The number of aromatic amines is 1. The SMILES string of the molecule is COc1cccc(C(CNC(=O)c2oc3c(F)cccc3c2C)c2c[nH]c3ccccc23)c1OC. The fraction of sp³-hybridized carbons (Fsp3) is 0.179. The zero-order valence-electron chi connectivity index (χ0n) is 19.6. The molecule has 6 nitrogen and oxygen atoms in total. The van der Waals surface area contributed by atoms with E-state index >= 15 is 0 Å². The van der Waals surface area contributed by atoms with Crippen LogP contribution in [0.5, 0.6) is 11.5 Å². The first-order chi connectivity index (χ1) is 17.0. The van der Waals surface area contributed by atoms with Crippen LogP contribution in [0.15, 0.2) is 71.3 Å². The molecular formula is C28H25FN2O4. The summed E-state index contributed by atoms with van der Waals surface area (Å²) in [5, 5.41) is 4.62. The Balaban J connectivity index is 1.54. The largest absolute Gasteiger partial charge is 0.493 e. The van der Waals surface area contributed by atoms with Crippen LogP contribution in [0.4, 0.5) is 4.39 Å². The number of hydrogen-bond donors (Lipinski definition) is 2. The molecule has 0 aliphatic heterocycles. The van der Waals surface area contributed by atoms with Crippen LogP contribution in [0, 0.1) is 12.7 Å². The number of aryl methyl sites for hydroxylation is 1. The van der Waals surface area contributed by atoms with Gasteiger partial charge in [0.25, 0.3) is 5.91 Å². The molecular weight excluding hydrogens is 447 g/mol. The minimum atomic E-state index is -0.498. The zero-order chi connectivity index (χ0) is 24.5. The third kappa shape index (κ3) is 3.89. The molecule has 2 N–H and O–H groups in total. The van der Waals surface area contributed by atoms with Crippen LogP contribution in [-0.2, 0) is 0 Å². The Bertz CT molecular complexity index is 1540. The molecule has 0 saturated heterocycles. The molecule has 0 aliphatic carbocycles. The van der Waals surface area contributed by atoms with Gasteiger partial charge in [-0.3, -0.25) is 4.79 Å². The summed E-state index contributed by atoms with van der Waals surface area (Å²) in [6, 6.07) is 18.3. The van der Waals surface area contributed by atoms with Crippen molar-refractivity contribution in [1.29, 1.82) is 0 Å². The molecule has 0 spiro atoms. The molecule has 5 aromatic rings. The molecule has 7 heteroatoms. The van der Waals surface area contributed by atoms with E-state index in [2.05, 4.69) is 10.3 Å². The number of methoxy groups -OCH3 is 2. The van der Waals surface area contributed by atoms with Crippen LogP contribution in [0.1, 0.15) is 33.2 Å². The lowest BCUT2D eigenvalue weighted by Gasteiger charge is -2.21. The van der Waals surface area contributed by atoms with Gasteiger partial charge >= 0.3 is 0 Å². The minimum Gasteiger partial charge on any atom is -0.493 e. The first kappa shape index (κ1) is 22.5. The van der Waals surface area contributed by atoms with E-state index in [0.29, 0.717) is 22.4 Å². The molecule has 178 valence electrons. The number of aromatic nitrogens is 1. The molecule has 5 rings (SSSR count). The third-order valence-electron chi connectivity index (χ3n) is 6.39. The predicted octanol–water partition coefficient (Wildman–Crippen LogP) is 5.94. The maximum atomic E-state index is 14.2. The van der Waals surface area contributed by atoms with Crippen molar-refractivity contribution in [2.24, 2.45) is 0 Å². The van der Waals surface area contributed by atoms with E-state index in [1.807, 2.05) is 48.7 Å². The number of furan rings is 1. The van der Waals surface area contributed by atoms with Gasteiger partial charge in [-0.2, -0.15) is 0 Å². The van der Waals surface area contributed by atoms with Gasteiger partial charge < -0.3 is 24.2 Å². The number of rotatable bonds is 7. The lowest BCUT2D eigenvalue weighted by Crippen LogP contribution is -2.29. The average molecular weight is 473 g/mol. The number of H-pyrrole nitrogens is 1. The van der Waals surface area contributed by atoms with Crippen molar-refractivity contribution in [3.8, 4) is 11.5 Å². The molecule has 0 aliphatic rings. The summed E-state index contributed by atoms with van der Waals surface area (Å²) in [4.78, 5) is 16.5. The maximum absolute atomic E-state index is 14.2. The standard InChI is InChI=1S/C28H25FN2O4/c1-16-17-9-6-11-22(29)26(17)35-25(16)28(32)31-15-21(19-10-7-13-24(33-2)27(19)34-3)20-14-30-23-12-5-4-8-18(20)23/h4-14,21,30H,15H2,1-3H3,(H,31,32). The first-order valence-corrected chi connectivity index (χ1v) is 11.3. The summed E-state index contributed by atoms with van der Waals surface area (Å²) < 4.78 is 31.1. The van der Waals surface area contributed by atoms with Gasteiger partial charge in [0.2, 0.25) is 0 Å². The second kappa shape index (κ2) is 9.18. The van der Waals surface area contributed by atoms with Crippen molar-refractivity contribution >= 4 is 27.8 Å².